The number of nitrogens with one attached hydrogen (secondary N) is 3. The van der Waals surface area contributed by atoms with Crippen LogP contribution >= 0.6 is 11.6 Å². The van der Waals surface area contributed by atoms with Crippen LogP contribution in [0.5, 0.6) is 0 Å². The first-order valence-corrected chi connectivity index (χ1v) is 11.3. The van der Waals surface area contributed by atoms with Gasteiger partial charge in [-0.25, -0.2) is 0 Å². The SMILES string of the molecule is CN(C)CCN1CCN(c2ccncc2NC(=O)C(C(N)N)C2NCC(Cl)CN2)CC1. The van der Waals surface area contributed by atoms with Crippen LogP contribution in [0.25, 0.3) is 0 Å². The first-order chi connectivity index (χ1) is 14.8. The Labute approximate surface area is 189 Å². The van der Waals surface area contributed by atoms with Gasteiger partial charge in [-0.05, 0) is 20.2 Å². The number of nitrogens with two attached hydrogens (primary N) is 2. The van der Waals surface area contributed by atoms with Crippen molar-refractivity contribution in [3.05, 3.63) is 18.5 Å². The van der Waals surface area contributed by atoms with Gasteiger partial charge < -0.3 is 26.6 Å². The molecule has 0 aliphatic carbocycles. The van der Waals surface area contributed by atoms with Crippen molar-refractivity contribution in [3.63, 3.8) is 0 Å². The first-order valence-electron chi connectivity index (χ1n) is 10.8. The number of carbonyl (C=O) groups excluding carboxylic acids is 1. The molecule has 2 saturated heterocycles. The number of hydrogen-bond acceptors (Lipinski definition) is 9. The number of likely N-dealkylation sites (N-methyl/N-ethyl adjacent to an activating group) is 1. The van der Waals surface area contributed by atoms with Crippen molar-refractivity contribution >= 4 is 28.9 Å². The van der Waals surface area contributed by atoms with Gasteiger partial charge >= 0.3 is 0 Å². The van der Waals surface area contributed by atoms with Crippen LogP contribution in [0.1, 0.15) is 0 Å². The van der Waals surface area contributed by atoms with Crippen LogP contribution in [0.2, 0.25) is 0 Å². The van der Waals surface area contributed by atoms with E-state index in [1.807, 2.05) is 6.07 Å². The van der Waals surface area contributed by atoms with Gasteiger partial charge in [0.25, 0.3) is 0 Å². The smallest absolute Gasteiger partial charge is 0.233 e. The van der Waals surface area contributed by atoms with Gasteiger partial charge in [0.1, 0.15) is 0 Å². The summed E-state index contributed by atoms with van der Waals surface area (Å²) in [5.41, 5.74) is 13.6. The Hall–Kier alpha value is -1.53. The second-order valence-corrected chi connectivity index (χ2v) is 9.13. The molecule has 0 saturated carbocycles. The van der Waals surface area contributed by atoms with E-state index in [2.05, 4.69) is 49.7 Å². The summed E-state index contributed by atoms with van der Waals surface area (Å²) in [6.45, 7) is 7.03. The van der Waals surface area contributed by atoms with Gasteiger partial charge in [0, 0.05) is 58.6 Å². The molecule has 10 nitrogen and oxygen atoms in total. The summed E-state index contributed by atoms with van der Waals surface area (Å²) >= 11 is 6.12. The highest BCUT2D eigenvalue weighted by molar-refractivity contribution is 6.21. The molecular formula is C20H36ClN9O. The zero-order valence-corrected chi connectivity index (χ0v) is 19.2. The summed E-state index contributed by atoms with van der Waals surface area (Å²) in [6.07, 6.45) is 2.27. The average molecular weight is 454 g/mol. The number of anilines is 2. The third-order valence-corrected chi connectivity index (χ3v) is 6.14. The number of piperazine rings is 1. The molecule has 0 radical (unpaired) electrons. The molecule has 1 aromatic heterocycles. The molecule has 3 rings (SSSR count). The van der Waals surface area contributed by atoms with Crippen LogP contribution in [0.4, 0.5) is 11.4 Å². The summed E-state index contributed by atoms with van der Waals surface area (Å²) in [7, 11) is 4.18. The normalized spacial score (nSPS) is 23.9. The van der Waals surface area contributed by atoms with Gasteiger partial charge in [0.05, 0.1) is 41.2 Å². The Morgan fingerprint density at radius 3 is 2.58 bits per heavy atom. The molecule has 2 aliphatic heterocycles. The summed E-state index contributed by atoms with van der Waals surface area (Å²) < 4.78 is 0. The van der Waals surface area contributed by atoms with Gasteiger partial charge in [-0.15, -0.1) is 11.6 Å². The lowest BCUT2D eigenvalue weighted by Crippen LogP contribution is -2.64. The molecule has 1 unspecified atom stereocenters. The molecule has 0 spiro atoms. The number of rotatable bonds is 8. The van der Waals surface area contributed by atoms with E-state index < -0.39 is 12.1 Å². The number of pyridine rings is 1. The number of nitrogens with zero attached hydrogens (tertiary/aromatic N) is 4. The minimum Gasteiger partial charge on any atom is -0.367 e. The average Bonchev–Trinajstić information content (AvgIpc) is 2.74. The number of hydrogen-bond donors (Lipinski definition) is 5. The fourth-order valence-electron chi connectivity index (χ4n) is 3.99. The van der Waals surface area contributed by atoms with Crippen molar-refractivity contribution in [1.82, 2.24) is 25.4 Å². The van der Waals surface area contributed by atoms with Crippen LogP contribution in [-0.2, 0) is 4.79 Å². The van der Waals surface area contributed by atoms with E-state index >= 15 is 0 Å². The number of alkyl halides is 1. The molecule has 3 heterocycles. The highest BCUT2D eigenvalue weighted by Crippen LogP contribution is 2.26. The Bertz CT molecular complexity index is 704. The van der Waals surface area contributed by atoms with E-state index in [9.17, 15) is 4.79 Å². The topological polar surface area (TPSA) is 128 Å². The van der Waals surface area contributed by atoms with Crippen molar-refractivity contribution in [3.8, 4) is 0 Å². The Balaban J connectivity index is 1.64. The van der Waals surface area contributed by atoms with E-state index in [4.69, 9.17) is 23.1 Å². The maximum atomic E-state index is 13.1. The zero-order valence-electron chi connectivity index (χ0n) is 18.4. The third-order valence-electron chi connectivity index (χ3n) is 5.83. The highest BCUT2D eigenvalue weighted by Gasteiger charge is 2.35. The number of aromatic nitrogens is 1. The van der Waals surface area contributed by atoms with E-state index in [-0.39, 0.29) is 17.5 Å². The largest absolute Gasteiger partial charge is 0.367 e. The van der Waals surface area contributed by atoms with Crippen molar-refractivity contribution in [1.29, 1.82) is 0 Å². The maximum absolute atomic E-state index is 13.1. The second kappa shape index (κ2) is 11.4. The van der Waals surface area contributed by atoms with Crippen LogP contribution in [-0.4, -0.2) is 105 Å². The molecule has 0 bridgehead atoms. The molecule has 1 atom stereocenters. The lowest BCUT2D eigenvalue weighted by Gasteiger charge is -2.38. The van der Waals surface area contributed by atoms with Crippen molar-refractivity contribution in [2.75, 3.05) is 76.7 Å². The van der Waals surface area contributed by atoms with Crippen molar-refractivity contribution in [2.24, 2.45) is 17.4 Å². The molecule has 2 aliphatic rings. The Kier molecular flexibility index (Phi) is 8.85. The van der Waals surface area contributed by atoms with Gasteiger partial charge in [-0.1, -0.05) is 0 Å². The molecular weight excluding hydrogens is 418 g/mol. The fraction of sp³-hybridized carbons (Fsp3) is 0.700. The predicted molar refractivity (Wildman–Crippen MR) is 125 cm³/mol. The van der Waals surface area contributed by atoms with Crippen LogP contribution in [0.3, 0.4) is 0 Å². The zero-order chi connectivity index (χ0) is 22.4. The van der Waals surface area contributed by atoms with Crippen molar-refractivity contribution in [2.45, 2.75) is 17.7 Å². The summed E-state index contributed by atoms with van der Waals surface area (Å²) in [4.78, 5) is 24.3. The Morgan fingerprint density at radius 2 is 1.97 bits per heavy atom. The quantitative estimate of drug-likeness (QED) is 0.241. The van der Waals surface area contributed by atoms with Crippen molar-refractivity contribution < 1.29 is 4.79 Å². The minimum atomic E-state index is -0.822. The monoisotopic (exact) mass is 453 g/mol. The summed E-state index contributed by atoms with van der Waals surface area (Å²) in [5.74, 6) is -0.896. The Morgan fingerprint density at radius 1 is 1.29 bits per heavy atom. The van der Waals surface area contributed by atoms with Crippen LogP contribution in [0.15, 0.2) is 18.5 Å². The summed E-state index contributed by atoms with van der Waals surface area (Å²) in [6, 6.07) is 1.94. The molecule has 0 aromatic carbocycles. The van der Waals surface area contributed by atoms with Crippen LogP contribution < -0.4 is 32.3 Å². The standard InChI is InChI=1S/C20H36ClN9O/c1-28(2)5-6-29-7-9-30(10-8-29)16-3-4-24-13-15(16)27-20(31)17(18(22)23)19-25-11-14(21)12-26-19/h3-4,13-14,17-19,25-26H,5-12,22-23H2,1-2H3,(H,27,31). The van der Waals surface area contributed by atoms with Gasteiger partial charge in [0.15, 0.2) is 0 Å². The maximum Gasteiger partial charge on any atom is 0.233 e. The molecule has 31 heavy (non-hydrogen) atoms. The molecule has 1 aromatic rings. The molecule has 7 N–H and O–H groups in total. The molecule has 174 valence electrons. The summed E-state index contributed by atoms with van der Waals surface area (Å²) in [5, 5.41) is 9.42. The fourth-order valence-corrected chi connectivity index (χ4v) is 4.16. The van der Waals surface area contributed by atoms with Crippen LogP contribution in [0, 0.1) is 5.92 Å². The first kappa shape index (κ1) is 24.1. The third kappa shape index (κ3) is 6.72. The van der Waals surface area contributed by atoms with Gasteiger partial charge in [-0.2, -0.15) is 0 Å². The van der Waals surface area contributed by atoms with E-state index in [0.29, 0.717) is 18.8 Å². The molecule has 1 amide bonds. The van der Waals surface area contributed by atoms with Gasteiger partial charge in [0.2, 0.25) is 5.91 Å². The molecule has 2 fully saturated rings. The molecule has 11 heteroatoms. The van der Waals surface area contributed by atoms with E-state index in [0.717, 1.165) is 45.0 Å². The van der Waals surface area contributed by atoms with E-state index in [1.54, 1.807) is 12.4 Å². The van der Waals surface area contributed by atoms with Gasteiger partial charge in [-0.3, -0.25) is 25.3 Å². The lowest BCUT2D eigenvalue weighted by atomic mass is 9.99. The number of halogens is 1. The minimum absolute atomic E-state index is 0.0321. The number of carbonyl (C=O) groups is 1. The second-order valence-electron chi connectivity index (χ2n) is 8.51. The highest BCUT2D eigenvalue weighted by atomic mass is 35.5. The lowest BCUT2D eigenvalue weighted by molar-refractivity contribution is -0.121. The van der Waals surface area contributed by atoms with E-state index in [1.165, 1.54) is 0 Å². The number of amides is 1. The predicted octanol–water partition coefficient (Wildman–Crippen LogP) is -1.31.